The number of ether oxygens (including phenoxy) is 14. The molecule has 0 amide bonds. The number of cyclic esters (lactones) is 2. The number of hydrogen-bond donors (Lipinski definition) is 9. The summed E-state index contributed by atoms with van der Waals surface area (Å²) in [4.78, 5) is 59.3. The summed E-state index contributed by atoms with van der Waals surface area (Å²) in [5.41, 5.74) is -8.48. The lowest BCUT2D eigenvalue weighted by molar-refractivity contribution is -0.893. The van der Waals surface area contributed by atoms with Crippen molar-refractivity contribution in [1.29, 1.82) is 0 Å². The molecule has 0 aromatic carbocycles. The molecule has 654 valence electrons. The van der Waals surface area contributed by atoms with Gasteiger partial charge in [0.05, 0.1) is 119 Å². The minimum atomic E-state index is -3.92. The molecule has 0 aromatic heterocycles. The van der Waals surface area contributed by atoms with Crippen LogP contribution in [0.3, 0.4) is 0 Å². The summed E-state index contributed by atoms with van der Waals surface area (Å²) in [7, 11) is 9.79. The van der Waals surface area contributed by atoms with Crippen LogP contribution in [0.5, 0.6) is 0 Å². The minimum absolute atomic E-state index is 0.111. The zero-order chi connectivity index (χ0) is 85.8. The molecule has 6 fully saturated rings. The van der Waals surface area contributed by atoms with Crippen LogP contribution in [0.15, 0.2) is 0 Å². The van der Waals surface area contributed by atoms with Crippen LogP contribution in [0.25, 0.3) is 0 Å². The van der Waals surface area contributed by atoms with Gasteiger partial charge in [-0.25, -0.2) is 8.42 Å². The van der Waals surface area contributed by atoms with E-state index < -0.39 is 214 Å². The van der Waals surface area contributed by atoms with Crippen molar-refractivity contribution in [1.82, 2.24) is 4.90 Å². The standard InChI is InChI=1S/2C38H69NO13.CH4O3S.I2/c2*1-15-26-38(10,45)31(42)21(4)28(40)19(2)17-37(9,47-14)33(52-35-29(41)25(39(11)12)16-20(3)48-35)22(5)30(23(6)34(44)50-26)51-27-18-36(8,46-13)32(43)24(7)49-27;1-5(2,3)4;1-2/h2*19-27,29-33,35,41-43,45H,15-18H2,1-14H3;1H3,(H,2,3,4);/t2*19-,20+,21-,22-,23+,24-,25-,26+,27-,29+,30-,31+,32-,33+,35-,36+,37-,38+;;/m00../s1. The maximum Gasteiger partial charge on any atom is 0.311 e. The monoisotopic (exact) mass is 1840 g/mol. The summed E-state index contributed by atoms with van der Waals surface area (Å²) in [5.74, 6) is -8.91. The fraction of sp³-hybridized carbons (Fsp3) is 0.948. The Morgan fingerprint density at radius 2 is 0.820 bits per heavy atom. The van der Waals surface area contributed by atoms with Crippen LogP contribution in [0.1, 0.15) is 190 Å². The normalized spacial score (nSPS) is 46.5. The van der Waals surface area contributed by atoms with Gasteiger partial charge >= 0.3 is 11.9 Å². The molecule has 6 rings (SSSR count). The maximum absolute atomic E-state index is 14.2. The predicted molar refractivity (Wildman–Crippen MR) is 425 cm³/mol. The number of hydrogen-bond acceptors (Lipinski definition) is 30. The predicted octanol–water partition coefficient (Wildman–Crippen LogP) is 4.40. The summed E-state index contributed by atoms with van der Waals surface area (Å²) in [6.07, 6.45) is -16.7. The van der Waals surface area contributed by atoms with Gasteiger partial charge in [-0.3, -0.25) is 19.2 Å². The molecule has 0 bridgehead atoms. The number of Topliss-reactive ketones (excluding diaryl/α,β-unsaturated/α-hetero) is 2. The lowest BCUT2D eigenvalue weighted by Crippen LogP contribution is -3.12. The highest BCUT2D eigenvalue weighted by Gasteiger charge is 2.58. The average Bonchev–Trinajstić information content (AvgIpc) is 0.770. The summed E-state index contributed by atoms with van der Waals surface area (Å²) in [6.45, 7) is 34.1. The van der Waals surface area contributed by atoms with Crippen molar-refractivity contribution in [3.8, 4) is 0 Å². The highest BCUT2D eigenvalue weighted by atomic mass is 128. The van der Waals surface area contributed by atoms with Crippen molar-refractivity contribution in [3.63, 3.8) is 0 Å². The van der Waals surface area contributed by atoms with E-state index in [4.69, 9.17) is 79.3 Å². The van der Waals surface area contributed by atoms with Crippen LogP contribution in [0.2, 0.25) is 0 Å². The molecule has 0 saturated carbocycles. The number of carbonyl (C=O) groups is 4. The second-order valence-corrected chi connectivity index (χ2v) is 35.5. The van der Waals surface area contributed by atoms with Crippen LogP contribution < -0.4 is 4.90 Å². The Hall–Kier alpha value is -1.23. The van der Waals surface area contributed by atoms with Crippen molar-refractivity contribution >= 4 is 70.9 Å². The molecule has 0 unspecified atom stereocenters. The third-order valence-corrected chi connectivity index (χ3v) is 24.6. The van der Waals surface area contributed by atoms with Crippen LogP contribution in [0.4, 0.5) is 0 Å². The van der Waals surface area contributed by atoms with E-state index >= 15 is 0 Å². The van der Waals surface area contributed by atoms with Crippen molar-refractivity contribution in [2.45, 2.75) is 358 Å². The van der Waals surface area contributed by atoms with Crippen molar-refractivity contribution in [2.75, 3.05) is 62.9 Å². The number of rotatable bonds is 16. The van der Waals surface area contributed by atoms with Crippen molar-refractivity contribution < 1.29 is 144 Å². The molecule has 0 radical (unpaired) electrons. The molecule has 6 saturated heterocycles. The fourth-order valence-electron chi connectivity index (χ4n) is 17.3. The van der Waals surface area contributed by atoms with Gasteiger partial charge in [-0.1, -0.05) is 55.4 Å². The van der Waals surface area contributed by atoms with Gasteiger partial charge in [-0.05, 0) is 129 Å². The van der Waals surface area contributed by atoms with E-state index in [-0.39, 0.29) is 74.4 Å². The number of quaternary nitrogens is 1. The minimum Gasteiger partial charge on any atom is -0.748 e. The first-order valence-corrected chi connectivity index (χ1v) is 47.1. The van der Waals surface area contributed by atoms with Gasteiger partial charge in [0.1, 0.15) is 59.3 Å². The van der Waals surface area contributed by atoms with Gasteiger partial charge < -0.3 is 122 Å². The molecule has 6 heterocycles. The van der Waals surface area contributed by atoms with E-state index in [2.05, 4.69) is 37.2 Å². The second-order valence-electron chi connectivity index (χ2n) is 34.1. The zero-order valence-corrected chi connectivity index (χ0v) is 76.4. The van der Waals surface area contributed by atoms with Gasteiger partial charge in [-0.15, -0.1) is 0 Å². The van der Waals surface area contributed by atoms with Crippen molar-refractivity contribution in [3.05, 3.63) is 0 Å². The highest BCUT2D eigenvalue weighted by Crippen LogP contribution is 2.45. The largest absolute Gasteiger partial charge is 0.748 e. The molecule has 36 atom stereocenters. The molecule has 6 aliphatic heterocycles. The number of nitrogens with zero attached hydrogens (tertiary/aromatic N) is 1. The Bertz CT molecular complexity index is 2820. The SMILES string of the molecule is CC[C@H]1OC(=O)[C@H](C)[C@@H](O[C@H]2C[C@@](C)(OC)[C@@H](O)[C@H](C)O2)[C@H](C)[C@@H](O[C@@H]2O[C@H](C)C[C@H](N(C)C)[C@H]2O)[C@@](C)(OC)C[C@H](C)C(=O)[C@H](C)[C@@H](O)[C@]1(C)O.CC[C@H]1OC(=O)[C@H](C)[C@@H](O[C@H]2C[C@@](C)(OC)[C@@H](O)[C@H](C)O2)[C@H](C)[C@@H](O[C@@H]2O[C@H](C)C[C@H]([NH+](C)C)[C@H]2O)[C@@](C)(OC)C[C@H](C)C(=O)[C@H](C)[C@@H](O)[C@]1(C)O.CS(=O)(=O)[O-].II. The topological polar surface area (TPSA) is 424 Å². The van der Waals surface area contributed by atoms with E-state index in [0.29, 0.717) is 19.1 Å². The smallest absolute Gasteiger partial charge is 0.311 e. The summed E-state index contributed by atoms with van der Waals surface area (Å²) in [5, 5.41) is 91.1. The van der Waals surface area contributed by atoms with Gasteiger partial charge in [0, 0.05) is 133 Å². The summed E-state index contributed by atoms with van der Waals surface area (Å²) >= 11 is 4.24. The van der Waals surface area contributed by atoms with Gasteiger partial charge in [0.2, 0.25) is 0 Å². The molecule has 0 aromatic rings. The molecule has 0 aliphatic carbocycles. The molecule has 31 nitrogen and oxygen atoms in total. The molecular weight excluding hydrogens is 1700 g/mol. The molecule has 0 spiro atoms. The highest BCUT2D eigenvalue weighted by molar-refractivity contribution is 15.0. The van der Waals surface area contributed by atoms with E-state index in [1.807, 2.05) is 60.8 Å². The summed E-state index contributed by atoms with van der Waals surface area (Å²) < 4.78 is 115. The first-order valence-electron chi connectivity index (χ1n) is 39.0. The van der Waals surface area contributed by atoms with E-state index in [0.717, 1.165) is 4.90 Å². The quantitative estimate of drug-likeness (QED) is 0.0587. The van der Waals surface area contributed by atoms with E-state index in [1.165, 1.54) is 42.3 Å². The molecule has 6 aliphatic rings. The number of nitrogens with one attached hydrogen (secondary N) is 1. The van der Waals surface area contributed by atoms with Crippen LogP contribution in [0, 0.1) is 47.3 Å². The number of likely N-dealkylation sites (N-methyl/N-ethyl adjacent to an activating group) is 2. The Morgan fingerprint density at radius 3 is 1.12 bits per heavy atom. The van der Waals surface area contributed by atoms with Gasteiger partial charge in [-0.2, -0.15) is 0 Å². The molecule has 34 heteroatoms. The van der Waals surface area contributed by atoms with Gasteiger partial charge in [0.25, 0.3) is 0 Å². The molecular formula is C77H142I2N2O29S. The Labute approximate surface area is 684 Å². The average molecular weight is 1850 g/mol. The van der Waals surface area contributed by atoms with E-state index in [9.17, 15) is 60.0 Å². The molecule has 111 heavy (non-hydrogen) atoms. The number of carbonyl (C=O) groups excluding carboxylic acids is 4. The first kappa shape index (κ1) is 104. The lowest BCUT2D eigenvalue weighted by atomic mass is 9.73. The number of halogens is 2. The van der Waals surface area contributed by atoms with Gasteiger partial charge in [0.15, 0.2) is 31.3 Å². The number of aliphatic hydroxyl groups is 8. The molecule has 9 N–H and O–H groups in total. The third-order valence-electron chi connectivity index (χ3n) is 24.6. The number of aliphatic hydroxyl groups excluding tert-OH is 6. The lowest BCUT2D eigenvalue weighted by Gasteiger charge is -2.50. The Kier molecular flexibility index (Phi) is 40.6. The first-order chi connectivity index (χ1) is 51.0. The van der Waals surface area contributed by atoms with Crippen LogP contribution in [-0.2, 0) is 95.6 Å². The number of methoxy groups -OCH3 is 4. The Balaban J connectivity index is 0.000000530. The summed E-state index contributed by atoms with van der Waals surface area (Å²) in [6, 6.07) is -0.483. The third kappa shape index (κ3) is 25.9. The number of esters is 2. The van der Waals surface area contributed by atoms with Crippen LogP contribution >= 0.6 is 37.2 Å². The Morgan fingerprint density at radius 1 is 0.505 bits per heavy atom. The fourth-order valence-corrected chi connectivity index (χ4v) is 17.3. The second kappa shape index (κ2) is 43.3. The number of ketones is 2. The van der Waals surface area contributed by atoms with Crippen LogP contribution in [-0.4, -0.2) is 314 Å². The zero-order valence-electron chi connectivity index (χ0n) is 71.2. The maximum atomic E-state index is 14.2. The van der Waals surface area contributed by atoms with E-state index in [1.54, 1.807) is 96.9 Å². The van der Waals surface area contributed by atoms with Crippen molar-refractivity contribution in [2.24, 2.45) is 47.3 Å².